The van der Waals surface area contributed by atoms with Crippen molar-refractivity contribution in [1.82, 2.24) is 0 Å². The fourth-order valence-electron chi connectivity index (χ4n) is 6.11. The Morgan fingerprint density at radius 2 is 0.688 bits per heavy atom. The Hall–Kier alpha value is -1.58. The van der Waals surface area contributed by atoms with Gasteiger partial charge in [-0.2, -0.15) is 0 Å². The molecule has 0 rings (SSSR count). The Labute approximate surface area is 300 Å². The summed E-state index contributed by atoms with van der Waals surface area (Å²) in [5.74, 6) is -1.09. The van der Waals surface area contributed by atoms with Crippen LogP contribution in [-0.2, 0) is 14.3 Å². The van der Waals surface area contributed by atoms with Crippen LogP contribution in [0, 0.1) is 0 Å². The van der Waals surface area contributed by atoms with Crippen molar-refractivity contribution in [2.45, 2.75) is 239 Å². The van der Waals surface area contributed by atoms with Crippen LogP contribution in [0.4, 0.5) is 0 Å². The highest BCUT2D eigenvalue weighted by molar-refractivity contribution is 5.86. The van der Waals surface area contributed by atoms with Gasteiger partial charge in [-0.05, 0) is 26.2 Å². The Bertz CT molecular complexity index is 653. The number of carboxylic acids is 1. The first kappa shape index (κ1) is 48.5. The van der Waals surface area contributed by atoms with Gasteiger partial charge >= 0.3 is 11.9 Å². The second kappa shape index (κ2) is 41.6. The number of esters is 1. The summed E-state index contributed by atoms with van der Waals surface area (Å²) in [6, 6.07) is 0. The number of aliphatic carboxylic acids is 1. The number of rotatable bonds is 37. The van der Waals surface area contributed by atoms with Crippen molar-refractivity contribution in [1.29, 1.82) is 0 Å². The molecule has 1 N–H and O–H groups in total. The molecule has 0 aromatic carbocycles. The molecule has 48 heavy (non-hydrogen) atoms. The molecule has 0 spiro atoms. The van der Waals surface area contributed by atoms with Crippen molar-refractivity contribution < 1.29 is 19.4 Å². The molecule has 0 amide bonds. The average Bonchev–Trinajstić information content (AvgIpc) is 3.07. The fraction of sp³-hybridized carbons (Fsp3) is 0.864. The lowest BCUT2D eigenvalue weighted by Crippen LogP contribution is -2.05. The van der Waals surface area contributed by atoms with E-state index >= 15 is 0 Å². The van der Waals surface area contributed by atoms with E-state index in [9.17, 15) is 9.59 Å². The molecule has 0 heterocycles. The van der Waals surface area contributed by atoms with Crippen LogP contribution in [0.25, 0.3) is 0 Å². The molecule has 4 nitrogen and oxygen atoms in total. The minimum absolute atomic E-state index is 0.254. The third-order valence-corrected chi connectivity index (χ3v) is 9.46. The van der Waals surface area contributed by atoms with Crippen LogP contribution < -0.4 is 0 Å². The van der Waals surface area contributed by atoms with Gasteiger partial charge in [0.15, 0.2) is 0 Å². The van der Waals surface area contributed by atoms with Gasteiger partial charge in [0.25, 0.3) is 0 Å². The molecule has 4 heteroatoms. The Kier molecular flexibility index (Phi) is 42.1. The predicted molar refractivity (Wildman–Crippen MR) is 211 cm³/mol. The molecule has 0 aromatic heterocycles. The van der Waals surface area contributed by atoms with Crippen LogP contribution in [0.1, 0.15) is 239 Å². The lowest BCUT2D eigenvalue weighted by Gasteiger charge is -2.05. The predicted octanol–water partition coefficient (Wildman–Crippen LogP) is 15.0. The van der Waals surface area contributed by atoms with Crippen LogP contribution >= 0.6 is 0 Å². The van der Waals surface area contributed by atoms with E-state index in [1.807, 2.05) is 0 Å². The lowest BCUT2D eigenvalue weighted by molar-refractivity contribution is -0.139. The second-order valence-corrected chi connectivity index (χ2v) is 14.5. The van der Waals surface area contributed by atoms with Gasteiger partial charge in [-0.15, -0.1) is 0 Å². The summed E-state index contributed by atoms with van der Waals surface area (Å²) in [7, 11) is 0. The van der Waals surface area contributed by atoms with Crippen LogP contribution in [0.2, 0.25) is 0 Å². The van der Waals surface area contributed by atoms with E-state index in [0.29, 0.717) is 24.2 Å². The van der Waals surface area contributed by atoms with E-state index in [4.69, 9.17) is 9.84 Å². The minimum atomic E-state index is -0.841. The van der Waals surface area contributed by atoms with E-state index in [1.165, 1.54) is 193 Å². The normalized spacial score (nSPS) is 10.8. The maximum absolute atomic E-state index is 11.2. The summed E-state index contributed by atoms with van der Waals surface area (Å²) < 4.78 is 5.08. The zero-order valence-electron chi connectivity index (χ0n) is 32.8. The van der Waals surface area contributed by atoms with Gasteiger partial charge in [0.2, 0.25) is 0 Å². The van der Waals surface area contributed by atoms with E-state index in [1.54, 1.807) is 6.92 Å². The zero-order chi connectivity index (χ0) is 35.8. The Balaban J connectivity index is 0. The summed E-state index contributed by atoms with van der Waals surface area (Å²) in [4.78, 5) is 21.8. The highest BCUT2D eigenvalue weighted by Gasteiger charge is 2.03. The monoisotopic (exact) mass is 677 g/mol. The standard InChI is InChI=1S/2C22H42O2/c1-4-5-6-7-8-9-10-11-12-13-14-15-16-17-18-19-20-24-22(23)21(2)3;1-3-4-5-6-7-8-9-10-11-12-13-14-15-16-17-18-19-20-21(2)22(23)24/h2,4-20H2,1,3H3;2-20H2,1H3,(H,23,24). The maximum atomic E-state index is 11.2. The largest absolute Gasteiger partial charge is 0.478 e. The van der Waals surface area contributed by atoms with Gasteiger partial charge in [-0.3, -0.25) is 0 Å². The van der Waals surface area contributed by atoms with Gasteiger partial charge in [0.1, 0.15) is 0 Å². The number of hydrogen-bond acceptors (Lipinski definition) is 3. The molecular weight excluding hydrogens is 592 g/mol. The molecule has 0 saturated heterocycles. The molecule has 0 radical (unpaired) electrons. The van der Waals surface area contributed by atoms with Crippen molar-refractivity contribution >= 4 is 11.9 Å². The smallest absolute Gasteiger partial charge is 0.333 e. The molecule has 0 bridgehead atoms. The van der Waals surface area contributed by atoms with E-state index in [0.717, 1.165) is 19.3 Å². The van der Waals surface area contributed by atoms with Gasteiger partial charge < -0.3 is 9.84 Å². The van der Waals surface area contributed by atoms with Crippen molar-refractivity contribution in [3.8, 4) is 0 Å². The third-order valence-electron chi connectivity index (χ3n) is 9.46. The minimum Gasteiger partial charge on any atom is -0.478 e. The SMILES string of the molecule is C=C(C)C(=O)OCCCCCCCCCCCCCCCCCC.C=C(CCCCCCCCCCCCCCCCCCC)C(=O)O. The van der Waals surface area contributed by atoms with Crippen LogP contribution in [0.15, 0.2) is 24.3 Å². The topological polar surface area (TPSA) is 63.6 Å². The number of unbranched alkanes of at least 4 members (excludes halogenated alkanes) is 31. The lowest BCUT2D eigenvalue weighted by atomic mass is 10.0. The average molecular weight is 677 g/mol. The van der Waals surface area contributed by atoms with Crippen molar-refractivity contribution in [2.24, 2.45) is 0 Å². The number of carbonyl (C=O) groups is 2. The number of hydrogen-bond donors (Lipinski definition) is 1. The molecule has 0 aliphatic heterocycles. The van der Waals surface area contributed by atoms with Crippen LogP contribution in [0.3, 0.4) is 0 Å². The molecule has 0 atom stereocenters. The molecule has 0 aliphatic carbocycles. The summed E-state index contributed by atoms with van der Waals surface area (Å²) in [5.41, 5.74) is 0.849. The number of carbonyl (C=O) groups excluding carboxylic acids is 1. The quantitative estimate of drug-likeness (QED) is 0.0404. The summed E-state index contributed by atoms with van der Waals surface area (Å²) in [6.07, 6.45) is 45.4. The van der Waals surface area contributed by atoms with Crippen molar-refractivity contribution in [3.63, 3.8) is 0 Å². The number of ether oxygens (including phenoxy) is 1. The van der Waals surface area contributed by atoms with Crippen molar-refractivity contribution in [2.75, 3.05) is 6.61 Å². The Morgan fingerprint density at radius 3 is 0.938 bits per heavy atom. The van der Waals surface area contributed by atoms with E-state index < -0.39 is 5.97 Å². The fourth-order valence-corrected chi connectivity index (χ4v) is 6.11. The molecular formula is C44H84O4. The molecule has 0 unspecified atom stereocenters. The van der Waals surface area contributed by atoms with E-state index in [-0.39, 0.29) is 5.97 Å². The highest BCUT2D eigenvalue weighted by atomic mass is 16.5. The highest BCUT2D eigenvalue weighted by Crippen LogP contribution is 2.16. The summed E-state index contributed by atoms with van der Waals surface area (Å²) in [6.45, 7) is 13.9. The molecule has 0 aromatic rings. The summed E-state index contributed by atoms with van der Waals surface area (Å²) >= 11 is 0. The van der Waals surface area contributed by atoms with E-state index in [2.05, 4.69) is 27.0 Å². The zero-order valence-corrected chi connectivity index (χ0v) is 32.8. The first-order valence-corrected chi connectivity index (χ1v) is 21.1. The second-order valence-electron chi connectivity index (χ2n) is 14.5. The first-order valence-electron chi connectivity index (χ1n) is 21.1. The number of carboxylic acid groups (broad SMARTS) is 1. The van der Waals surface area contributed by atoms with Gasteiger partial charge in [-0.1, -0.05) is 226 Å². The maximum Gasteiger partial charge on any atom is 0.333 e. The molecule has 0 saturated carbocycles. The first-order chi connectivity index (χ1) is 23.4. The van der Waals surface area contributed by atoms with Gasteiger partial charge in [-0.25, -0.2) is 9.59 Å². The Morgan fingerprint density at radius 1 is 0.438 bits per heavy atom. The van der Waals surface area contributed by atoms with Gasteiger partial charge in [0, 0.05) is 11.1 Å². The van der Waals surface area contributed by atoms with Crippen LogP contribution in [0.5, 0.6) is 0 Å². The molecule has 0 fully saturated rings. The van der Waals surface area contributed by atoms with Crippen molar-refractivity contribution in [3.05, 3.63) is 24.3 Å². The molecule has 0 aliphatic rings. The van der Waals surface area contributed by atoms with Gasteiger partial charge in [0.05, 0.1) is 6.61 Å². The third kappa shape index (κ3) is 42.4. The molecule has 284 valence electrons. The van der Waals surface area contributed by atoms with Crippen LogP contribution in [-0.4, -0.2) is 23.7 Å². The summed E-state index contributed by atoms with van der Waals surface area (Å²) in [5, 5.41) is 8.72.